The summed E-state index contributed by atoms with van der Waals surface area (Å²) < 4.78 is 1.70. The summed E-state index contributed by atoms with van der Waals surface area (Å²) in [6, 6.07) is 0. The number of rotatable bonds is 2. The maximum Gasteiger partial charge on any atom is 0.276 e. The Morgan fingerprint density at radius 2 is 2.06 bits per heavy atom. The summed E-state index contributed by atoms with van der Waals surface area (Å²) in [6.45, 7) is 8.78. The number of anilines is 1. The van der Waals surface area contributed by atoms with Gasteiger partial charge in [0.1, 0.15) is 0 Å². The van der Waals surface area contributed by atoms with Gasteiger partial charge in [0, 0.05) is 25.8 Å². The van der Waals surface area contributed by atoms with Crippen molar-refractivity contribution in [2.45, 2.75) is 40.2 Å². The third-order valence-corrected chi connectivity index (χ3v) is 3.72. The zero-order valence-corrected chi connectivity index (χ0v) is 11.4. The van der Waals surface area contributed by atoms with Crippen LogP contribution in [0.1, 0.15) is 44.1 Å². The van der Waals surface area contributed by atoms with Crippen LogP contribution in [0.2, 0.25) is 0 Å². The third kappa shape index (κ3) is 2.49. The summed E-state index contributed by atoms with van der Waals surface area (Å²) in [5.41, 5.74) is 7.06. The van der Waals surface area contributed by atoms with E-state index in [1.165, 1.54) is 0 Å². The Labute approximate surface area is 108 Å². The molecule has 2 N–H and O–H groups in total. The predicted octanol–water partition coefficient (Wildman–Crippen LogP) is 1.75. The van der Waals surface area contributed by atoms with Gasteiger partial charge in [0.05, 0.1) is 5.69 Å². The van der Waals surface area contributed by atoms with Crippen LogP contribution in [0.25, 0.3) is 0 Å². The molecule has 0 spiro atoms. The molecule has 0 bridgehead atoms. The first-order valence-electron chi connectivity index (χ1n) is 6.55. The molecular weight excluding hydrogens is 228 g/mol. The van der Waals surface area contributed by atoms with Gasteiger partial charge in [0.15, 0.2) is 5.69 Å². The van der Waals surface area contributed by atoms with Gasteiger partial charge in [-0.2, -0.15) is 5.10 Å². The molecule has 1 amide bonds. The summed E-state index contributed by atoms with van der Waals surface area (Å²) in [5.74, 6) is -0.0322. The van der Waals surface area contributed by atoms with Crippen molar-refractivity contribution >= 4 is 11.6 Å². The van der Waals surface area contributed by atoms with E-state index in [2.05, 4.69) is 18.9 Å². The quantitative estimate of drug-likeness (QED) is 0.869. The standard InChI is InChI=1S/C13H22N4O/c1-4-17-9-10(14)11(15-17)12(18)16-7-5-13(2,3)6-8-16/h9H,4-8,14H2,1-3H3. The number of aromatic nitrogens is 2. The van der Waals surface area contributed by atoms with Crippen molar-refractivity contribution < 1.29 is 4.79 Å². The first-order chi connectivity index (χ1) is 8.43. The lowest BCUT2D eigenvalue weighted by atomic mass is 9.82. The number of nitrogen functional groups attached to an aromatic ring is 1. The number of carbonyl (C=O) groups is 1. The van der Waals surface area contributed by atoms with Crippen molar-refractivity contribution in [1.82, 2.24) is 14.7 Å². The van der Waals surface area contributed by atoms with Crippen molar-refractivity contribution in [2.75, 3.05) is 18.8 Å². The van der Waals surface area contributed by atoms with Gasteiger partial charge < -0.3 is 10.6 Å². The molecule has 0 aliphatic carbocycles. The van der Waals surface area contributed by atoms with Crippen molar-refractivity contribution in [3.8, 4) is 0 Å². The van der Waals surface area contributed by atoms with Crippen molar-refractivity contribution in [2.24, 2.45) is 5.41 Å². The Hall–Kier alpha value is -1.52. The average molecular weight is 250 g/mol. The van der Waals surface area contributed by atoms with Crippen LogP contribution in [0.3, 0.4) is 0 Å². The Balaban J connectivity index is 2.10. The number of likely N-dealkylation sites (tertiary alicyclic amines) is 1. The number of hydrogen-bond donors (Lipinski definition) is 1. The van der Waals surface area contributed by atoms with Gasteiger partial charge in [-0.25, -0.2) is 0 Å². The molecule has 1 saturated heterocycles. The fourth-order valence-corrected chi connectivity index (χ4v) is 2.23. The Morgan fingerprint density at radius 1 is 1.44 bits per heavy atom. The van der Waals surface area contributed by atoms with Gasteiger partial charge in [-0.15, -0.1) is 0 Å². The fourth-order valence-electron chi connectivity index (χ4n) is 2.23. The molecule has 0 saturated carbocycles. The van der Waals surface area contributed by atoms with Gasteiger partial charge in [0.25, 0.3) is 5.91 Å². The fraction of sp³-hybridized carbons (Fsp3) is 0.692. The number of aryl methyl sites for hydroxylation is 1. The van der Waals surface area contributed by atoms with Gasteiger partial charge in [-0.3, -0.25) is 9.48 Å². The Kier molecular flexibility index (Phi) is 3.32. The molecule has 1 aromatic heterocycles. The van der Waals surface area contributed by atoms with Crippen molar-refractivity contribution in [1.29, 1.82) is 0 Å². The van der Waals surface area contributed by atoms with Gasteiger partial charge >= 0.3 is 0 Å². The molecule has 0 radical (unpaired) electrons. The second-order valence-electron chi connectivity index (χ2n) is 5.75. The highest BCUT2D eigenvalue weighted by atomic mass is 16.2. The average Bonchev–Trinajstić information content (AvgIpc) is 2.70. The highest BCUT2D eigenvalue weighted by molar-refractivity contribution is 5.97. The Bertz CT molecular complexity index is 440. The highest BCUT2D eigenvalue weighted by Gasteiger charge is 2.30. The highest BCUT2D eigenvalue weighted by Crippen LogP contribution is 2.30. The summed E-state index contributed by atoms with van der Waals surface area (Å²) in [7, 11) is 0. The number of piperidine rings is 1. The molecule has 2 heterocycles. The molecule has 18 heavy (non-hydrogen) atoms. The minimum absolute atomic E-state index is 0.0322. The molecule has 2 rings (SSSR count). The van der Waals surface area contributed by atoms with Gasteiger partial charge in [-0.1, -0.05) is 13.8 Å². The van der Waals surface area contributed by atoms with E-state index in [0.717, 1.165) is 32.5 Å². The molecule has 1 aromatic rings. The summed E-state index contributed by atoms with van der Waals surface area (Å²) in [5, 5.41) is 4.24. The van der Waals surface area contributed by atoms with Gasteiger partial charge in [-0.05, 0) is 25.2 Å². The van der Waals surface area contributed by atoms with E-state index >= 15 is 0 Å². The zero-order valence-electron chi connectivity index (χ0n) is 11.4. The molecule has 0 unspecified atom stereocenters. The number of amides is 1. The van der Waals surface area contributed by atoms with Crippen LogP contribution >= 0.6 is 0 Å². The second kappa shape index (κ2) is 4.63. The SMILES string of the molecule is CCn1cc(N)c(C(=O)N2CCC(C)(C)CC2)n1. The van der Waals surface area contributed by atoms with Crippen LogP contribution in [-0.2, 0) is 6.54 Å². The van der Waals surface area contributed by atoms with E-state index in [4.69, 9.17) is 5.73 Å². The summed E-state index contributed by atoms with van der Waals surface area (Å²) >= 11 is 0. The maximum atomic E-state index is 12.3. The van der Waals surface area contributed by atoms with Crippen molar-refractivity contribution in [3.05, 3.63) is 11.9 Å². The third-order valence-electron chi connectivity index (χ3n) is 3.72. The van der Waals surface area contributed by atoms with Crippen molar-refractivity contribution in [3.63, 3.8) is 0 Å². The lowest BCUT2D eigenvalue weighted by Crippen LogP contribution is -2.41. The van der Waals surface area contributed by atoms with E-state index in [1.54, 1.807) is 10.9 Å². The lowest BCUT2D eigenvalue weighted by Gasteiger charge is -2.36. The topological polar surface area (TPSA) is 64.2 Å². The maximum absolute atomic E-state index is 12.3. The first kappa shape index (κ1) is 12.9. The molecule has 0 aromatic carbocycles. The molecule has 5 heteroatoms. The zero-order chi connectivity index (χ0) is 13.3. The molecule has 1 aliphatic rings. The van der Waals surface area contributed by atoms with Crippen LogP contribution in [0.5, 0.6) is 0 Å². The number of nitrogens with zero attached hydrogens (tertiary/aromatic N) is 3. The smallest absolute Gasteiger partial charge is 0.276 e. The minimum atomic E-state index is -0.0322. The number of hydrogen-bond acceptors (Lipinski definition) is 3. The largest absolute Gasteiger partial charge is 0.396 e. The minimum Gasteiger partial charge on any atom is -0.396 e. The van der Waals surface area contributed by atoms with Gasteiger partial charge in [0.2, 0.25) is 0 Å². The molecule has 0 atom stereocenters. The lowest BCUT2D eigenvalue weighted by molar-refractivity contribution is 0.0624. The van der Waals surface area contributed by atoms with Crippen LogP contribution in [-0.4, -0.2) is 33.7 Å². The van der Waals surface area contributed by atoms with E-state index in [-0.39, 0.29) is 5.91 Å². The Morgan fingerprint density at radius 3 is 2.56 bits per heavy atom. The normalized spacial score (nSPS) is 18.9. The van der Waals surface area contributed by atoms with E-state index in [9.17, 15) is 4.79 Å². The van der Waals surface area contributed by atoms with Crippen LogP contribution in [0.4, 0.5) is 5.69 Å². The molecule has 5 nitrogen and oxygen atoms in total. The monoisotopic (exact) mass is 250 g/mol. The van der Waals surface area contributed by atoms with E-state index < -0.39 is 0 Å². The first-order valence-corrected chi connectivity index (χ1v) is 6.55. The van der Waals surface area contributed by atoms with Crippen LogP contribution < -0.4 is 5.73 Å². The molecule has 100 valence electrons. The second-order valence-corrected chi connectivity index (χ2v) is 5.75. The van der Waals surface area contributed by atoms with Crippen LogP contribution in [0.15, 0.2) is 6.20 Å². The summed E-state index contributed by atoms with van der Waals surface area (Å²) in [6.07, 6.45) is 3.79. The van der Waals surface area contributed by atoms with E-state index in [1.807, 2.05) is 11.8 Å². The number of carbonyl (C=O) groups excluding carboxylic acids is 1. The number of nitrogens with two attached hydrogens (primary N) is 1. The van der Waals surface area contributed by atoms with Crippen LogP contribution in [0, 0.1) is 5.41 Å². The molecular formula is C13H22N4O. The molecule has 1 aliphatic heterocycles. The summed E-state index contributed by atoms with van der Waals surface area (Å²) in [4.78, 5) is 14.2. The van der Waals surface area contributed by atoms with E-state index in [0.29, 0.717) is 16.8 Å². The predicted molar refractivity (Wildman–Crippen MR) is 71.2 cm³/mol. The molecule has 1 fully saturated rings.